The largest absolute Gasteiger partial charge is 0.299 e. The van der Waals surface area contributed by atoms with Crippen LogP contribution in [0.15, 0.2) is 53.9 Å². The molecule has 1 nitrogen and oxygen atoms in total. The first kappa shape index (κ1) is 15.8. The van der Waals surface area contributed by atoms with Gasteiger partial charge in [-0.05, 0) is 53.3 Å². The molecule has 0 bridgehead atoms. The van der Waals surface area contributed by atoms with E-state index in [4.69, 9.17) is 0 Å². The van der Waals surface area contributed by atoms with E-state index in [0.29, 0.717) is 11.8 Å². The van der Waals surface area contributed by atoms with E-state index >= 15 is 0 Å². The first-order chi connectivity index (χ1) is 11.7. The quantitative estimate of drug-likeness (QED) is 0.594. The number of piperidine rings is 1. The molecule has 0 aliphatic carbocycles. The second-order valence-corrected chi connectivity index (χ2v) is 7.81. The van der Waals surface area contributed by atoms with Crippen molar-refractivity contribution in [1.82, 2.24) is 4.90 Å². The summed E-state index contributed by atoms with van der Waals surface area (Å²) in [4.78, 5) is 2.50. The Hall–Kier alpha value is -1.71. The zero-order chi connectivity index (χ0) is 16.5. The minimum atomic E-state index is -0.0293. The minimum absolute atomic E-state index is 0.0293. The number of benzene rings is 2. The zero-order valence-electron chi connectivity index (χ0n) is 13.9. The van der Waals surface area contributed by atoms with Crippen molar-refractivity contribution >= 4 is 21.4 Å². The summed E-state index contributed by atoms with van der Waals surface area (Å²) < 4.78 is 15.7. The van der Waals surface area contributed by atoms with Gasteiger partial charge in [0.15, 0.2) is 0 Å². The molecule has 124 valence electrons. The van der Waals surface area contributed by atoms with Crippen molar-refractivity contribution in [3.8, 4) is 0 Å². The third kappa shape index (κ3) is 2.99. The van der Waals surface area contributed by atoms with E-state index < -0.39 is 0 Å². The summed E-state index contributed by atoms with van der Waals surface area (Å²) in [6.45, 7) is 5.32. The fraction of sp³-hybridized carbons (Fsp3) is 0.333. The van der Waals surface area contributed by atoms with Crippen LogP contribution in [0.25, 0.3) is 10.1 Å². The maximum absolute atomic E-state index is 14.6. The highest BCUT2D eigenvalue weighted by atomic mass is 32.1. The summed E-state index contributed by atoms with van der Waals surface area (Å²) in [5.74, 6) is 0.752. The maximum atomic E-state index is 14.6. The van der Waals surface area contributed by atoms with Crippen LogP contribution < -0.4 is 0 Å². The number of likely N-dealkylation sites (tertiary alicyclic amines) is 1. The number of nitrogens with zero attached hydrogens (tertiary/aromatic N) is 1. The number of hydrogen-bond acceptors (Lipinski definition) is 2. The van der Waals surface area contributed by atoms with Gasteiger partial charge in [-0.15, -0.1) is 11.3 Å². The van der Waals surface area contributed by atoms with Crippen LogP contribution in [0, 0.1) is 11.7 Å². The molecule has 24 heavy (non-hydrogen) atoms. The van der Waals surface area contributed by atoms with Crippen LogP contribution in [0.5, 0.6) is 0 Å². The number of halogens is 1. The van der Waals surface area contributed by atoms with Crippen molar-refractivity contribution in [2.75, 3.05) is 13.1 Å². The molecular weight excluding hydrogens is 317 g/mol. The maximum Gasteiger partial charge on any atom is 0.128 e. The Morgan fingerprint density at radius 3 is 2.75 bits per heavy atom. The fourth-order valence-corrected chi connectivity index (χ4v) is 5.02. The topological polar surface area (TPSA) is 3.24 Å². The molecule has 2 aromatic carbocycles. The lowest BCUT2D eigenvalue weighted by Gasteiger charge is -2.37. The monoisotopic (exact) mass is 339 g/mol. The van der Waals surface area contributed by atoms with Gasteiger partial charge in [-0.1, -0.05) is 43.3 Å². The van der Waals surface area contributed by atoms with Gasteiger partial charge in [0.2, 0.25) is 0 Å². The van der Waals surface area contributed by atoms with Gasteiger partial charge < -0.3 is 0 Å². The van der Waals surface area contributed by atoms with E-state index in [1.807, 2.05) is 6.07 Å². The highest BCUT2D eigenvalue weighted by molar-refractivity contribution is 7.17. The molecule has 3 heteroatoms. The molecule has 1 aliphatic heterocycles. The molecule has 0 unspecified atom stereocenters. The highest BCUT2D eigenvalue weighted by Crippen LogP contribution is 2.40. The molecule has 4 rings (SSSR count). The molecule has 1 saturated heterocycles. The van der Waals surface area contributed by atoms with Gasteiger partial charge in [0.25, 0.3) is 0 Å². The Morgan fingerprint density at radius 2 is 1.96 bits per heavy atom. The van der Waals surface area contributed by atoms with Gasteiger partial charge in [0.05, 0.1) is 0 Å². The van der Waals surface area contributed by atoms with Crippen molar-refractivity contribution in [3.63, 3.8) is 0 Å². The minimum Gasteiger partial charge on any atom is -0.299 e. The highest BCUT2D eigenvalue weighted by Gasteiger charge is 2.30. The number of hydrogen-bond donors (Lipinski definition) is 0. The van der Waals surface area contributed by atoms with Gasteiger partial charge >= 0.3 is 0 Å². The van der Waals surface area contributed by atoms with Crippen LogP contribution in [0.3, 0.4) is 0 Å². The van der Waals surface area contributed by atoms with E-state index in [0.717, 1.165) is 36.3 Å². The summed E-state index contributed by atoms with van der Waals surface area (Å²) in [5, 5.41) is 3.25. The lowest BCUT2D eigenvalue weighted by Crippen LogP contribution is -2.38. The van der Waals surface area contributed by atoms with Crippen LogP contribution in [0.1, 0.15) is 30.4 Å². The summed E-state index contributed by atoms with van der Waals surface area (Å²) in [6.07, 6.45) is 1.03. The third-order valence-corrected chi connectivity index (χ3v) is 6.18. The molecule has 2 heterocycles. The third-order valence-electron chi connectivity index (χ3n) is 5.22. The standard InChI is InChI=1S/C21H22FNS/c1-15-13-23(14-16-5-3-2-4-6-16)11-9-18(15)20-19(22)8-7-17-10-12-24-21(17)20/h2-8,10,12,15,18H,9,11,13-14H2,1H3/t15-,18+/m0/s1. The molecular formula is C21H22FNS. The van der Waals surface area contributed by atoms with Gasteiger partial charge in [0.1, 0.15) is 5.82 Å². The normalized spacial score (nSPS) is 22.1. The second kappa shape index (κ2) is 6.66. The Balaban J connectivity index is 1.54. The average molecular weight is 339 g/mol. The second-order valence-electron chi connectivity index (χ2n) is 6.89. The van der Waals surface area contributed by atoms with Crippen LogP contribution in [0.2, 0.25) is 0 Å². The van der Waals surface area contributed by atoms with E-state index in [1.165, 1.54) is 10.9 Å². The predicted molar refractivity (Wildman–Crippen MR) is 100 cm³/mol. The predicted octanol–water partition coefficient (Wildman–Crippen LogP) is 5.67. The van der Waals surface area contributed by atoms with E-state index in [2.05, 4.69) is 53.6 Å². The first-order valence-corrected chi connectivity index (χ1v) is 9.52. The molecule has 1 aliphatic rings. The SMILES string of the molecule is C[C@H]1CN(Cc2ccccc2)CC[C@H]1c1c(F)ccc2ccsc12. The van der Waals surface area contributed by atoms with Crippen LogP contribution in [0.4, 0.5) is 4.39 Å². The summed E-state index contributed by atoms with van der Waals surface area (Å²) in [5.41, 5.74) is 2.31. The average Bonchev–Trinajstić information content (AvgIpc) is 3.05. The van der Waals surface area contributed by atoms with Crippen molar-refractivity contribution in [3.05, 3.63) is 70.9 Å². The molecule has 1 fully saturated rings. The van der Waals surface area contributed by atoms with Gasteiger partial charge in [-0.2, -0.15) is 0 Å². The van der Waals surface area contributed by atoms with Crippen molar-refractivity contribution in [2.45, 2.75) is 25.8 Å². The fourth-order valence-electron chi connectivity index (χ4n) is 4.02. The molecule has 2 atom stereocenters. The van der Waals surface area contributed by atoms with Crippen LogP contribution in [-0.4, -0.2) is 18.0 Å². The van der Waals surface area contributed by atoms with Gasteiger partial charge in [-0.25, -0.2) is 4.39 Å². The Morgan fingerprint density at radius 1 is 1.12 bits per heavy atom. The van der Waals surface area contributed by atoms with Crippen LogP contribution >= 0.6 is 11.3 Å². The van der Waals surface area contributed by atoms with Gasteiger partial charge in [-0.3, -0.25) is 4.90 Å². The lowest BCUT2D eigenvalue weighted by molar-refractivity contribution is 0.155. The van der Waals surface area contributed by atoms with E-state index in [9.17, 15) is 4.39 Å². The molecule has 0 amide bonds. The number of fused-ring (bicyclic) bond motifs is 1. The smallest absolute Gasteiger partial charge is 0.128 e. The Kier molecular flexibility index (Phi) is 4.38. The summed E-state index contributed by atoms with van der Waals surface area (Å²) in [7, 11) is 0. The van der Waals surface area contributed by atoms with Crippen molar-refractivity contribution < 1.29 is 4.39 Å². The molecule has 0 N–H and O–H groups in total. The number of thiophene rings is 1. The van der Waals surface area contributed by atoms with E-state index in [-0.39, 0.29) is 5.82 Å². The molecule has 0 radical (unpaired) electrons. The van der Waals surface area contributed by atoms with Crippen LogP contribution in [-0.2, 0) is 6.54 Å². The Labute approximate surface area is 146 Å². The molecule has 0 saturated carbocycles. The molecule has 0 spiro atoms. The van der Waals surface area contributed by atoms with Crippen molar-refractivity contribution in [1.29, 1.82) is 0 Å². The molecule has 3 aromatic rings. The summed E-state index contributed by atoms with van der Waals surface area (Å²) >= 11 is 1.67. The van der Waals surface area contributed by atoms with Crippen molar-refractivity contribution in [2.24, 2.45) is 5.92 Å². The lowest BCUT2D eigenvalue weighted by atomic mass is 9.81. The molecule has 1 aromatic heterocycles. The number of rotatable bonds is 3. The van der Waals surface area contributed by atoms with E-state index in [1.54, 1.807) is 17.4 Å². The first-order valence-electron chi connectivity index (χ1n) is 8.64. The summed E-state index contributed by atoms with van der Waals surface area (Å²) in [6, 6.07) is 16.3. The zero-order valence-corrected chi connectivity index (χ0v) is 14.7. The van der Waals surface area contributed by atoms with Gasteiger partial charge in [0, 0.05) is 23.4 Å². The Bertz CT molecular complexity index is 826.